The van der Waals surface area contributed by atoms with Gasteiger partial charge in [0.15, 0.2) is 0 Å². The minimum atomic E-state index is -4.07. The molecule has 0 spiro atoms. The fourth-order valence-corrected chi connectivity index (χ4v) is 1.07. The van der Waals surface area contributed by atoms with E-state index >= 15 is 0 Å². The van der Waals surface area contributed by atoms with E-state index < -0.39 is 15.3 Å². The number of imidazole rings is 1. The van der Waals surface area contributed by atoms with Gasteiger partial charge in [-0.05, 0) is 5.53 Å². The summed E-state index contributed by atoms with van der Waals surface area (Å²) in [4.78, 5) is 7.78. The highest BCUT2D eigenvalue weighted by molar-refractivity contribution is 7.86. The molecule has 0 aliphatic heterocycles. The molecule has 12 heavy (non-hydrogen) atoms. The largest absolute Gasteiger partial charge is 0.379 e. The SMILES string of the molecule is [N-]=[N+]=NOS(=O)(=O)c1ncc[nH]1. The maximum atomic E-state index is 10.9. The molecule has 8 nitrogen and oxygen atoms in total. The van der Waals surface area contributed by atoms with Crippen LogP contribution in [0.5, 0.6) is 0 Å². The van der Waals surface area contributed by atoms with Gasteiger partial charge in [0.05, 0.1) is 0 Å². The van der Waals surface area contributed by atoms with Crippen LogP contribution in [0.3, 0.4) is 0 Å². The molecule has 0 radical (unpaired) electrons. The van der Waals surface area contributed by atoms with Crippen molar-refractivity contribution in [3.05, 3.63) is 22.8 Å². The van der Waals surface area contributed by atoms with Gasteiger partial charge in [-0.2, -0.15) is 8.42 Å². The first-order valence-corrected chi connectivity index (χ1v) is 4.05. The van der Waals surface area contributed by atoms with E-state index in [1.54, 1.807) is 0 Å². The summed E-state index contributed by atoms with van der Waals surface area (Å²) in [6.07, 6.45) is 2.53. The standard InChI is InChI=1S/C3H3N5O3S/c4-7-8-11-12(9,10)3-5-1-2-6-3/h1-2H,(H,5,6). The van der Waals surface area contributed by atoms with Crippen molar-refractivity contribution in [2.75, 3.05) is 0 Å². The number of H-pyrrole nitrogens is 1. The van der Waals surface area contributed by atoms with Crippen LogP contribution in [0, 0.1) is 0 Å². The highest BCUT2D eigenvalue weighted by atomic mass is 32.2. The van der Waals surface area contributed by atoms with Crippen LogP contribution in [0.4, 0.5) is 0 Å². The molecule has 0 atom stereocenters. The summed E-state index contributed by atoms with van der Waals surface area (Å²) in [7, 11) is -4.07. The summed E-state index contributed by atoms with van der Waals surface area (Å²) < 4.78 is 25.6. The van der Waals surface area contributed by atoms with Crippen molar-refractivity contribution in [2.24, 2.45) is 5.28 Å². The normalized spacial score (nSPS) is 10.3. The number of rotatable bonds is 3. The second-order valence-corrected chi connectivity index (χ2v) is 3.04. The zero-order chi connectivity index (χ0) is 9.03. The minimum absolute atomic E-state index is 0.407. The van der Waals surface area contributed by atoms with Crippen LogP contribution >= 0.6 is 0 Å². The number of nitrogens with one attached hydrogen (secondary N) is 1. The Hall–Kier alpha value is -1.73. The maximum Gasteiger partial charge on any atom is 0.379 e. The Morgan fingerprint density at radius 1 is 1.75 bits per heavy atom. The molecule has 0 amide bonds. The zero-order valence-electron chi connectivity index (χ0n) is 5.58. The number of azide groups is 1. The molecule has 0 saturated carbocycles. The van der Waals surface area contributed by atoms with E-state index in [2.05, 4.69) is 24.4 Å². The van der Waals surface area contributed by atoms with Crippen LogP contribution in [-0.4, -0.2) is 18.4 Å². The van der Waals surface area contributed by atoms with Crippen LogP contribution in [0.15, 0.2) is 22.8 Å². The van der Waals surface area contributed by atoms with E-state index in [0.717, 1.165) is 0 Å². The third-order valence-electron chi connectivity index (χ3n) is 0.878. The lowest BCUT2D eigenvalue weighted by atomic mass is 11.0. The summed E-state index contributed by atoms with van der Waals surface area (Å²) in [5.74, 6) is 0. The lowest BCUT2D eigenvalue weighted by Gasteiger charge is -1.93. The van der Waals surface area contributed by atoms with Gasteiger partial charge in [-0.25, -0.2) is 4.98 Å². The monoisotopic (exact) mass is 189 g/mol. The molecular weight excluding hydrogens is 186 g/mol. The summed E-state index contributed by atoms with van der Waals surface area (Å²) >= 11 is 0. The fourth-order valence-electron chi connectivity index (χ4n) is 0.482. The molecule has 64 valence electrons. The molecule has 1 aromatic rings. The van der Waals surface area contributed by atoms with Gasteiger partial charge < -0.3 is 9.27 Å². The predicted octanol–water partition coefficient (Wildman–Crippen LogP) is 0.340. The van der Waals surface area contributed by atoms with Gasteiger partial charge in [0.2, 0.25) is 0 Å². The van der Waals surface area contributed by atoms with Crippen molar-refractivity contribution in [1.29, 1.82) is 0 Å². The van der Waals surface area contributed by atoms with Crippen LogP contribution in [0.25, 0.3) is 10.4 Å². The molecule has 0 fully saturated rings. The summed E-state index contributed by atoms with van der Waals surface area (Å²) in [5.41, 5.74) is 7.77. The van der Waals surface area contributed by atoms with E-state index in [4.69, 9.17) is 5.53 Å². The topological polar surface area (TPSA) is 121 Å². The fraction of sp³-hybridized carbons (Fsp3) is 0. The van der Waals surface area contributed by atoms with E-state index in [-0.39, 0.29) is 0 Å². The van der Waals surface area contributed by atoms with Crippen LogP contribution in [0.2, 0.25) is 0 Å². The molecule has 1 rings (SSSR count). The first-order chi connectivity index (χ1) is 5.67. The van der Waals surface area contributed by atoms with Gasteiger partial charge in [0.25, 0.3) is 5.16 Å². The molecule has 9 heteroatoms. The van der Waals surface area contributed by atoms with Crippen LogP contribution in [-0.2, 0) is 14.4 Å². The minimum Gasteiger partial charge on any atom is -0.333 e. The molecule has 0 saturated heterocycles. The number of aromatic amines is 1. The maximum absolute atomic E-state index is 10.9. The molecule has 0 bridgehead atoms. The van der Waals surface area contributed by atoms with Crippen LogP contribution in [0.1, 0.15) is 0 Å². The van der Waals surface area contributed by atoms with Crippen molar-refractivity contribution in [3.8, 4) is 0 Å². The highest BCUT2D eigenvalue weighted by Crippen LogP contribution is 2.04. The smallest absolute Gasteiger partial charge is 0.333 e. The number of aromatic nitrogens is 2. The molecule has 0 aliphatic carbocycles. The summed E-state index contributed by atoms with van der Waals surface area (Å²) in [6.45, 7) is 0. The molecular formula is C3H3N5O3S. The lowest BCUT2D eigenvalue weighted by Crippen LogP contribution is -2.03. The number of hydrogen-bond donors (Lipinski definition) is 1. The Morgan fingerprint density at radius 3 is 3.00 bits per heavy atom. The third-order valence-corrected chi connectivity index (χ3v) is 1.84. The first-order valence-electron chi connectivity index (χ1n) is 2.64. The van der Waals surface area contributed by atoms with E-state index in [1.807, 2.05) is 0 Å². The Labute approximate surface area is 66.9 Å². The van der Waals surface area contributed by atoms with E-state index in [0.29, 0.717) is 0 Å². The van der Waals surface area contributed by atoms with Gasteiger partial charge >= 0.3 is 10.1 Å². The second-order valence-electron chi connectivity index (χ2n) is 1.59. The first kappa shape index (κ1) is 8.37. The van der Waals surface area contributed by atoms with Gasteiger partial charge in [0, 0.05) is 17.3 Å². The average molecular weight is 189 g/mol. The highest BCUT2D eigenvalue weighted by Gasteiger charge is 2.17. The van der Waals surface area contributed by atoms with Gasteiger partial charge in [0.1, 0.15) is 5.28 Å². The summed E-state index contributed by atoms with van der Waals surface area (Å²) in [5, 5.41) is 2.02. The Balaban J connectivity index is 2.95. The lowest BCUT2D eigenvalue weighted by molar-refractivity contribution is 0.328. The van der Waals surface area contributed by atoms with Crippen molar-refractivity contribution in [1.82, 2.24) is 9.97 Å². The molecule has 0 unspecified atom stereocenters. The van der Waals surface area contributed by atoms with Crippen molar-refractivity contribution < 1.29 is 12.7 Å². The zero-order valence-corrected chi connectivity index (χ0v) is 6.39. The Kier molecular flexibility index (Phi) is 2.17. The van der Waals surface area contributed by atoms with Gasteiger partial charge in [-0.15, -0.1) is 0 Å². The molecule has 1 heterocycles. The average Bonchev–Trinajstić information content (AvgIpc) is 2.53. The van der Waals surface area contributed by atoms with Crippen molar-refractivity contribution in [2.45, 2.75) is 5.16 Å². The predicted molar refractivity (Wildman–Crippen MR) is 36.0 cm³/mol. The number of hydrogen-bond acceptors (Lipinski definition) is 5. The molecule has 1 aromatic heterocycles. The van der Waals surface area contributed by atoms with Gasteiger partial charge in [-0.1, -0.05) is 0 Å². The molecule has 0 aromatic carbocycles. The van der Waals surface area contributed by atoms with E-state index in [9.17, 15) is 8.42 Å². The second kappa shape index (κ2) is 3.11. The Morgan fingerprint density at radius 2 is 2.50 bits per heavy atom. The number of nitrogens with zero attached hydrogens (tertiary/aromatic N) is 4. The van der Waals surface area contributed by atoms with E-state index in [1.165, 1.54) is 12.4 Å². The third kappa shape index (κ3) is 1.65. The van der Waals surface area contributed by atoms with Crippen molar-refractivity contribution in [3.63, 3.8) is 0 Å². The molecule has 1 N–H and O–H groups in total. The quantitative estimate of drug-likeness (QED) is 0.319. The summed E-state index contributed by atoms with van der Waals surface area (Å²) in [6, 6.07) is 0. The van der Waals surface area contributed by atoms with Gasteiger partial charge in [-0.3, -0.25) is 0 Å². The molecule has 0 aliphatic rings. The Bertz CT molecular complexity index is 388. The van der Waals surface area contributed by atoms with Crippen LogP contribution < -0.4 is 0 Å². The van der Waals surface area contributed by atoms with Crippen molar-refractivity contribution >= 4 is 10.1 Å².